The van der Waals surface area contributed by atoms with Crippen molar-refractivity contribution in [3.63, 3.8) is 0 Å². The number of primary amides is 1. The molecule has 1 aromatic carbocycles. The van der Waals surface area contributed by atoms with Crippen molar-refractivity contribution in [2.24, 2.45) is 17.6 Å². The van der Waals surface area contributed by atoms with E-state index in [9.17, 15) is 9.59 Å². The fraction of sp³-hybridized carbons (Fsp3) is 0.630. The molecule has 1 aromatic heterocycles. The van der Waals surface area contributed by atoms with Crippen molar-refractivity contribution < 1.29 is 9.59 Å². The summed E-state index contributed by atoms with van der Waals surface area (Å²) in [5.41, 5.74) is 6.87. The number of carbonyl (C=O) groups is 2. The molecule has 5 nitrogen and oxygen atoms in total. The summed E-state index contributed by atoms with van der Waals surface area (Å²) in [6.07, 6.45) is 16.8. The Bertz CT molecular complexity index is 1020. The number of ketones is 1. The lowest BCUT2D eigenvalue weighted by Gasteiger charge is -2.55. The predicted octanol–water partition coefficient (Wildman–Crippen LogP) is 4.84. The monoisotopic (exact) mass is 433 g/mol. The van der Waals surface area contributed by atoms with Crippen LogP contribution in [0.2, 0.25) is 0 Å². The summed E-state index contributed by atoms with van der Waals surface area (Å²) >= 11 is 0. The molecule has 2 aliphatic heterocycles. The largest absolute Gasteiger partial charge is 0.363 e. The van der Waals surface area contributed by atoms with E-state index in [1.165, 1.54) is 57.8 Å². The highest BCUT2D eigenvalue weighted by atomic mass is 16.2. The second-order valence-electron chi connectivity index (χ2n) is 11.0. The minimum atomic E-state index is -0.873. The van der Waals surface area contributed by atoms with Crippen molar-refractivity contribution in [2.45, 2.75) is 94.8 Å². The van der Waals surface area contributed by atoms with Crippen LogP contribution < -0.4 is 5.73 Å². The number of nitrogens with zero attached hydrogens (tertiary/aromatic N) is 2. The third-order valence-electron chi connectivity index (χ3n) is 9.13. The summed E-state index contributed by atoms with van der Waals surface area (Å²) in [4.78, 5) is 27.1. The molecule has 2 aromatic rings. The Kier molecular flexibility index (Phi) is 5.13. The van der Waals surface area contributed by atoms with E-state index >= 15 is 0 Å². The number of amides is 1. The van der Waals surface area contributed by atoms with Gasteiger partial charge in [-0.3, -0.25) is 14.5 Å². The number of hydrogen-bond donors (Lipinski definition) is 1. The van der Waals surface area contributed by atoms with Crippen LogP contribution in [0.1, 0.15) is 87.0 Å². The first-order valence-electron chi connectivity index (χ1n) is 12.8. The SMILES string of the molecule is NC(=O)C(=O)c1cn(C2CC3CCCC(C2)N3C2CC3CCCC(C3)C2)c2ccccc12. The highest BCUT2D eigenvalue weighted by Gasteiger charge is 2.45. The molecule has 3 heterocycles. The number of benzene rings is 1. The Morgan fingerprint density at radius 2 is 1.44 bits per heavy atom. The molecule has 170 valence electrons. The average Bonchev–Trinajstić information content (AvgIpc) is 3.17. The van der Waals surface area contributed by atoms with Crippen molar-refractivity contribution >= 4 is 22.6 Å². The van der Waals surface area contributed by atoms with Crippen LogP contribution in [0.5, 0.6) is 0 Å². The topological polar surface area (TPSA) is 68.3 Å². The lowest BCUT2D eigenvalue weighted by molar-refractivity contribution is -0.114. The maximum Gasteiger partial charge on any atom is 0.289 e. The van der Waals surface area contributed by atoms with Gasteiger partial charge in [-0.05, 0) is 62.8 Å². The van der Waals surface area contributed by atoms with E-state index in [1.54, 1.807) is 0 Å². The second-order valence-corrected chi connectivity index (χ2v) is 11.0. The van der Waals surface area contributed by atoms with Gasteiger partial charge in [-0.15, -0.1) is 0 Å². The predicted molar refractivity (Wildman–Crippen MR) is 125 cm³/mol. The minimum Gasteiger partial charge on any atom is -0.363 e. The van der Waals surface area contributed by atoms with Gasteiger partial charge < -0.3 is 10.3 Å². The maximum atomic E-state index is 12.5. The Morgan fingerprint density at radius 3 is 2.12 bits per heavy atom. The summed E-state index contributed by atoms with van der Waals surface area (Å²) < 4.78 is 2.30. The van der Waals surface area contributed by atoms with E-state index in [-0.39, 0.29) is 0 Å². The first kappa shape index (κ1) is 20.5. The molecule has 2 N–H and O–H groups in total. The summed E-state index contributed by atoms with van der Waals surface area (Å²) in [5, 5.41) is 0.851. The zero-order valence-electron chi connectivity index (χ0n) is 18.9. The number of aromatic nitrogens is 1. The molecule has 5 heteroatoms. The molecule has 4 atom stereocenters. The smallest absolute Gasteiger partial charge is 0.289 e. The summed E-state index contributed by atoms with van der Waals surface area (Å²) in [5.74, 6) is 0.470. The molecule has 4 bridgehead atoms. The van der Waals surface area contributed by atoms with Crippen molar-refractivity contribution in [3.8, 4) is 0 Å². The molecule has 1 amide bonds. The Labute approximate surface area is 190 Å². The van der Waals surface area contributed by atoms with Crippen LogP contribution in [0.15, 0.2) is 30.5 Å². The van der Waals surface area contributed by atoms with Gasteiger partial charge in [0.15, 0.2) is 0 Å². The molecule has 4 fully saturated rings. The molecule has 32 heavy (non-hydrogen) atoms. The molecular formula is C27H35N3O2. The molecular weight excluding hydrogens is 398 g/mol. The van der Waals surface area contributed by atoms with Crippen LogP contribution in [-0.4, -0.2) is 39.3 Å². The van der Waals surface area contributed by atoms with Crippen molar-refractivity contribution in [2.75, 3.05) is 0 Å². The lowest BCUT2D eigenvalue weighted by atomic mass is 9.68. The van der Waals surface area contributed by atoms with Gasteiger partial charge in [0.05, 0.1) is 5.56 Å². The van der Waals surface area contributed by atoms with Gasteiger partial charge in [0.2, 0.25) is 0 Å². The number of fused-ring (bicyclic) bond motifs is 5. The number of hydrogen-bond acceptors (Lipinski definition) is 3. The highest BCUT2D eigenvalue weighted by molar-refractivity contribution is 6.44. The number of carbonyl (C=O) groups excluding carboxylic acids is 2. The summed E-state index contributed by atoms with van der Waals surface area (Å²) in [7, 11) is 0. The molecule has 6 rings (SSSR count). The molecule has 2 saturated heterocycles. The van der Waals surface area contributed by atoms with E-state index in [0.717, 1.165) is 41.6 Å². The Morgan fingerprint density at radius 1 is 0.781 bits per heavy atom. The lowest BCUT2D eigenvalue weighted by Crippen LogP contribution is -2.58. The first-order chi connectivity index (χ1) is 15.6. The molecule has 0 radical (unpaired) electrons. The van der Waals surface area contributed by atoms with Gasteiger partial charge in [-0.1, -0.05) is 43.9 Å². The fourth-order valence-corrected chi connectivity index (χ4v) is 7.97. The van der Waals surface area contributed by atoms with Gasteiger partial charge in [0.25, 0.3) is 11.7 Å². The summed E-state index contributed by atoms with van der Waals surface area (Å²) in [6.45, 7) is 0. The first-order valence-corrected chi connectivity index (χ1v) is 12.8. The van der Waals surface area contributed by atoms with Gasteiger partial charge in [-0.25, -0.2) is 0 Å². The molecule has 4 unspecified atom stereocenters. The number of Topliss-reactive ketones (excluding diaryl/α,β-unsaturated/α-hetero) is 1. The number of para-hydroxylation sites is 1. The molecule has 2 saturated carbocycles. The highest BCUT2D eigenvalue weighted by Crippen LogP contribution is 2.48. The number of piperidine rings is 2. The van der Waals surface area contributed by atoms with Crippen LogP contribution >= 0.6 is 0 Å². The van der Waals surface area contributed by atoms with Crippen LogP contribution in [0.4, 0.5) is 0 Å². The average molecular weight is 434 g/mol. The minimum absolute atomic E-state index is 0.379. The maximum absolute atomic E-state index is 12.5. The summed E-state index contributed by atoms with van der Waals surface area (Å²) in [6, 6.07) is 10.4. The third kappa shape index (κ3) is 3.40. The van der Waals surface area contributed by atoms with E-state index in [1.807, 2.05) is 24.4 Å². The van der Waals surface area contributed by atoms with Gasteiger partial charge in [0, 0.05) is 41.3 Å². The standard InChI is InChI=1S/C27H35N3O2/c28-27(32)26(31)24-16-29(25-10-2-1-9-23(24)25)21-14-19-7-4-8-20(15-21)30(19)22-12-17-5-3-6-18(11-17)13-22/h1-2,9-10,16-22H,3-8,11-15H2,(H2,28,32). The van der Waals surface area contributed by atoms with Crippen LogP contribution in [0.3, 0.4) is 0 Å². The van der Waals surface area contributed by atoms with E-state index < -0.39 is 11.7 Å². The van der Waals surface area contributed by atoms with E-state index in [2.05, 4.69) is 15.5 Å². The van der Waals surface area contributed by atoms with Crippen LogP contribution in [0.25, 0.3) is 10.9 Å². The fourth-order valence-electron chi connectivity index (χ4n) is 7.97. The van der Waals surface area contributed by atoms with Crippen molar-refractivity contribution in [3.05, 3.63) is 36.0 Å². The van der Waals surface area contributed by atoms with E-state index in [4.69, 9.17) is 5.73 Å². The van der Waals surface area contributed by atoms with E-state index in [0.29, 0.717) is 23.7 Å². The zero-order valence-corrected chi connectivity index (χ0v) is 18.9. The zero-order chi connectivity index (χ0) is 21.8. The number of nitrogens with two attached hydrogens (primary N) is 1. The Hall–Kier alpha value is -2.14. The van der Waals surface area contributed by atoms with Gasteiger partial charge >= 0.3 is 0 Å². The van der Waals surface area contributed by atoms with Crippen molar-refractivity contribution in [1.82, 2.24) is 9.47 Å². The van der Waals surface area contributed by atoms with Gasteiger partial charge in [0.1, 0.15) is 0 Å². The molecule has 4 aliphatic rings. The normalized spacial score (nSPS) is 35.0. The van der Waals surface area contributed by atoms with Gasteiger partial charge in [-0.2, -0.15) is 0 Å². The van der Waals surface area contributed by atoms with Crippen LogP contribution in [0, 0.1) is 11.8 Å². The van der Waals surface area contributed by atoms with Crippen LogP contribution in [-0.2, 0) is 4.79 Å². The number of rotatable bonds is 4. The molecule has 2 aliphatic carbocycles. The second kappa shape index (κ2) is 8.02. The Balaban J connectivity index is 1.30. The molecule has 0 spiro atoms. The quantitative estimate of drug-likeness (QED) is 0.554. The van der Waals surface area contributed by atoms with Crippen molar-refractivity contribution in [1.29, 1.82) is 0 Å². The third-order valence-corrected chi connectivity index (χ3v) is 9.13.